The van der Waals surface area contributed by atoms with E-state index < -0.39 is 18.1 Å². The van der Waals surface area contributed by atoms with Gasteiger partial charge in [0.2, 0.25) is 0 Å². The van der Waals surface area contributed by atoms with E-state index in [9.17, 15) is 9.59 Å². The van der Waals surface area contributed by atoms with Gasteiger partial charge in [-0.1, -0.05) is 12.8 Å². The molecule has 3 N–H and O–H groups in total. The summed E-state index contributed by atoms with van der Waals surface area (Å²) in [4.78, 5) is 23.1. The SMILES string of the molecule is C#CCN(CCC)C(=O)NC[C@H](O)C(=O)O. The van der Waals surface area contributed by atoms with Gasteiger partial charge in [-0.2, -0.15) is 0 Å². The van der Waals surface area contributed by atoms with Crippen molar-refractivity contribution in [2.24, 2.45) is 0 Å². The van der Waals surface area contributed by atoms with Gasteiger partial charge in [-0.15, -0.1) is 6.42 Å². The van der Waals surface area contributed by atoms with Gasteiger partial charge in [0.15, 0.2) is 6.10 Å². The fourth-order valence-corrected chi connectivity index (χ4v) is 1.02. The summed E-state index contributed by atoms with van der Waals surface area (Å²) in [7, 11) is 0. The zero-order valence-electron chi connectivity index (χ0n) is 9.14. The standard InChI is InChI=1S/C10H16N2O4/c1-3-5-12(6-4-2)10(16)11-7-8(13)9(14)15/h1,8,13H,4-7H2,2H3,(H,11,16)(H,14,15)/t8-/m0/s1. The molecule has 0 aromatic heterocycles. The van der Waals surface area contributed by atoms with Crippen LogP contribution in [0.15, 0.2) is 0 Å². The Hall–Kier alpha value is -1.74. The summed E-state index contributed by atoms with van der Waals surface area (Å²) in [6, 6.07) is -0.472. The van der Waals surface area contributed by atoms with Gasteiger partial charge in [0, 0.05) is 6.54 Å². The van der Waals surface area contributed by atoms with E-state index in [-0.39, 0.29) is 13.1 Å². The number of nitrogens with zero attached hydrogens (tertiary/aromatic N) is 1. The minimum absolute atomic E-state index is 0.156. The van der Waals surface area contributed by atoms with Gasteiger partial charge in [-0.25, -0.2) is 9.59 Å². The number of carbonyl (C=O) groups is 2. The molecule has 0 aromatic rings. The fraction of sp³-hybridized carbons (Fsp3) is 0.600. The number of urea groups is 1. The highest BCUT2D eigenvalue weighted by Gasteiger charge is 2.16. The number of hydrogen-bond acceptors (Lipinski definition) is 3. The summed E-state index contributed by atoms with van der Waals surface area (Å²) >= 11 is 0. The molecule has 0 spiro atoms. The van der Waals surface area contributed by atoms with Gasteiger partial charge in [0.1, 0.15) is 0 Å². The van der Waals surface area contributed by atoms with E-state index >= 15 is 0 Å². The predicted octanol–water partition coefficient (Wildman–Crippen LogP) is -0.513. The molecule has 0 saturated heterocycles. The topological polar surface area (TPSA) is 89.9 Å². The molecule has 16 heavy (non-hydrogen) atoms. The summed E-state index contributed by atoms with van der Waals surface area (Å²) in [6.45, 7) is 2.20. The maximum absolute atomic E-state index is 11.5. The molecule has 0 heterocycles. The Bertz CT molecular complexity index is 285. The van der Waals surface area contributed by atoms with Crippen LogP contribution in [0.1, 0.15) is 13.3 Å². The number of terminal acetylenes is 1. The van der Waals surface area contributed by atoms with E-state index in [0.717, 1.165) is 6.42 Å². The van der Waals surface area contributed by atoms with Gasteiger partial charge in [-0.05, 0) is 6.42 Å². The highest BCUT2D eigenvalue weighted by molar-refractivity contribution is 5.77. The summed E-state index contributed by atoms with van der Waals surface area (Å²) < 4.78 is 0. The van der Waals surface area contributed by atoms with Crippen molar-refractivity contribution in [3.63, 3.8) is 0 Å². The molecule has 0 aliphatic carbocycles. The minimum atomic E-state index is -1.60. The van der Waals surface area contributed by atoms with E-state index in [1.807, 2.05) is 6.92 Å². The van der Waals surface area contributed by atoms with Crippen LogP contribution in [0.3, 0.4) is 0 Å². The van der Waals surface area contributed by atoms with Crippen molar-refractivity contribution in [2.75, 3.05) is 19.6 Å². The first-order valence-electron chi connectivity index (χ1n) is 4.90. The van der Waals surface area contributed by atoms with Crippen LogP contribution in [0, 0.1) is 12.3 Å². The molecule has 0 fully saturated rings. The van der Waals surface area contributed by atoms with E-state index in [2.05, 4.69) is 11.2 Å². The maximum atomic E-state index is 11.5. The second-order valence-corrected chi connectivity index (χ2v) is 3.17. The molecule has 0 saturated carbocycles. The summed E-state index contributed by atoms with van der Waals surface area (Å²) in [6.07, 6.45) is 4.23. The highest BCUT2D eigenvalue weighted by atomic mass is 16.4. The third kappa shape index (κ3) is 5.22. The lowest BCUT2D eigenvalue weighted by atomic mass is 10.3. The Labute approximate surface area is 94.2 Å². The van der Waals surface area contributed by atoms with Crippen molar-refractivity contribution in [3.05, 3.63) is 0 Å². The van der Waals surface area contributed by atoms with Crippen LogP contribution in [-0.2, 0) is 4.79 Å². The first kappa shape index (κ1) is 14.3. The number of amides is 2. The Morgan fingerprint density at radius 2 is 2.19 bits per heavy atom. The predicted molar refractivity (Wildman–Crippen MR) is 57.7 cm³/mol. The van der Waals surface area contributed by atoms with Gasteiger partial charge in [-0.3, -0.25) is 0 Å². The van der Waals surface area contributed by atoms with E-state index in [1.54, 1.807) is 0 Å². The van der Waals surface area contributed by atoms with Gasteiger partial charge >= 0.3 is 12.0 Å². The number of hydrogen-bond donors (Lipinski definition) is 3. The van der Waals surface area contributed by atoms with Crippen LogP contribution in [0.2, 0.25) is 0 Å². The molecule has 0 aromatic carbocycles. The number of aliphatic carboxylic acids is 1. The van der Waals surface area contributed by atoms with Gasteiger partial charge in [0.05, 0.1) is 13.1 Å². The van der Waals surface area contributed by atoms with Crippen molar-refractivity contribution in [2.45, 2.75) is 19.4 Å². The normalized spacial score (nSPS) is 11.3. The Morgan fingerprint density at radius 3 is 2.62 bits per heavy atom. The van der Waals surface area contributed by atoms with Crippen LogP contribution in [0.25, 0.3) is 0 Å². The van der Waals surface area contributed by atoms with Crippen molar-refractivity contribution < 1.29 is 19.8 Å². The van der Waals surface area contributed by atoms with E-state index in [0.29, 0.717) is 6.54 Å². The zero-order valence-corrected chi connectivity index (χ0v) is 9.14. The van der Waals surface area contributed by atoms with Crippen LogP contribution in [0.4, 0.5) is 4.79 Å². The average Bonchev–Trinajstić information content (AvgIpc) is 2.24. The summed E-state index contributed by atoms with van der Waals surface area (Å²) in [5, 5.41) is 19.6. The molecule has 1 atom stereocenters. The number of carboxylic acid groups (broad SMARTS) is 1. The number of rotatable bonds is 6. The first-order chi connectivity index (χ1) is 7.52. The highest BCUT2D eigenvalue weighted by Crippen LogP contribution is 1.92. The minimum Gasteiger partial charge on any atom is -0.479 e. The second kappa shape index (κ2) is 7.54. The van der Waals surface area contributed by atoms with Crippen molar-refractivity contribution in [1.29, 1.82) is 0 Å². The van der Waals surface area contributed by atoms with Crippen LogP contribution in [0.5, 0.6) is 0 Å². The molecule has 0 rings (SSSR count). The lowest BCUT2D eigenvalue weighted by Crippen LogP contribution is -2.44. The molecule has 0 aliphatic heterocycles. The van der Waals surface area contributed by atoms with Crippen LogP contribution < -0.4 is 5.32 Å². The van der Waals surface area contributed by atoms with Crippen LogP contribution in [-0.4, -0.2) is 52.9 Å². The number of carboxylic acids is 1. The molecule has 0 aliphatic rings. The monoisotopic (exact) mass is 228 g/mol. The van der Waals surface area contributed by atoms with E-state index in [4.69, 9.17) is 16.6 Å². The molecular formula is C10H16N2O4. The Kier molecular flexibility index (Phi) is 6.72. The second-order valence-electron chi connectivity index (χ2n) is 3.17. The van der Waals surface area contributed by atoms with Crippen molar-refractivity contribution in [3.8, 4) is 12.3 Å². The summed E-state index contributed by atoms with van der Waals surface area (Å²) in [5.74, 6) is 0.955. The summed E-state index contributed by atoms with van der Waals surface area (Å²) in [5.41, 5.74) is 0. The number of carbonyl (C=O) groups excluding carboxylic acids is 1. The number of nitrogens with one attached hydrogen (secondary N) is 1. The lowest BCUT2D eigenvalue weighted by molar-refractivity contribution is -0.146. The quantitative estimate of drug-likeness (QED) is 0.534. The third-order valence-corrected chi connectivity index (χ3v) is 1.79. The first-order valence-corrected chi connectivity index (χ1v) is 4.90. The van der Waals surface area contributed by atoms with E-state index in [1.165, 1.54) is 4.90 Å². The maximum Gasteiger partial charge on any atom is 0.334 e. The lowest BCUT2D eigenvalue weighted by Gasteiger charge is -2.20. The molecule has 6 nitrogen and oxygen atoms in total. The smallest absolute Gasteiger partial charge is 0.334 e. The molecule has 6 heteroatoms. The molecular weight excluding hydrogens is 212 g/mol. The van der Waals surface area contributed by atoms with Crippen molar-refractivity contribution in [1.82, 2.24) is 10.2 Å². The Balaban J connectivity index is 4.11. The zero-order chi connectivity index (χ0) is 12.6. The molecule has 0 radical (unpaired) electrons. The van der Waals surface area contributed by atoms with Crippen molar-refractivity contribution >= 4 is 12.0 Å². The average molecular weight is 228 g/mol. The van der Waals surface area contributed by atoms with Gasteiger partial charge in [0.25, 0.3) is 0 Å². The van der Waals surface area contributed by atoms with Crippen LogP contribution >= 0.6 is 0 Å². The van der Waals surface area contributed by atoms with Gasteiger partial charge < -0.3 is 20.4 Å². The molecule has 2 amide bonds. The number of aliphatic hydroxyl groups excluding tert-OH is 1. The third-order valence-electron chi connectivity index (χ3n) is 1.79. The number of aliphatic hydroxyl groups is 1. The Morgan fingerprint density at radius 1 is 1.56 bits per heavy atom. The largest absolute Gasteiger partial charge is 0.479 e. The molecule has 0 bridgehead atoms. The fourth-order valence-electron chi connectivity index (χ4n) is 1.02. The molecule has 0 unspecified atom stereocenters. The molecule has 90 valence electrons.